The lowest BCUT2D eigenvalue weighted by molar-refractivity contribution is -0.116. The van der Waals surface area contributed by atoms with Crippen LogP contribution in [0.25, 0.3) is 0 Å². The molecule has 1 atom stereocenters. The third kappa shape index (κ3) is 3.88. The molecular formula is C26H28N2O4. The van der Waals surface area contributed by atoms with Crippen molar-refractivity contribution >= 4 is 17.4 Å². The van der Waals surface area contributed by atoms with Gasteiger partial charge in [-0.2, -0.15) is 0 Å². The van der Waals surface area contributed by atoms with Crippen molar-refractivity contribution in [3.8, 4) is 11.5 Å². The normalized spacial score (nSPS) is 18.1. The van der Waals surface area contributed by atoms with Crippen LogP contribution in [0.15, 0.2) is 65.0 Å². The van der Waals surface area contributed by atoms with Gasteiger partial charge < -0.3 is 20.1 Å². The molecule has 4 rings (SSSR count). The summed E-state index contributed by atoms with van der Waals surface area (Å²) in [7, 11) is 3.19. The van der Waals surface area contributed by atoms with Crippen LogP contribution in [0.5, 0.6) is 11.5 Å². The molecule has 2 aliphatic rings. The van der Waals surface area contributed by atoms with Gasteiger partial charge in [0.1, 0.15) is 11.5 Å². The number of anilines is 1. The molecule has 0 spiro atoms. The molecule has 2 aromatic carbocycles. The van der Waals surface area contributed by atoms with Crippen LogP contribution in [0.1, 0.15) is 43.2 Å². The van der Waals surface area contributed by atoms with Crippen molar-refractivity contribution in [2.24, 2.45) is 0 Å². The SMILES string of the molecule is COc1ccc(OC)c([C@H]2C(C(=O)Nc3ccccc3C)=C(C)NC3=C2C(=O)CCC3)c1. The fourth-order valence-electron chi connectivity index (χ4n) is 4.56. The molecule has 0 saturated heterocycles. The van der Waals surface area contributed by atoms with E-state index >= 15 is 0 Å². The van der Waals surface area contributed by atoms with Crippen molar-refractivity contribution in [3.05, 3.63) is 76.1 Å². The highest BCUT2D eigenvalue weighted by atomic mass is 16.5. The Morgan fingerprint density at radius 3 is 2.56 bits per heavy atom. The first kappa shape index (κ1) is 21.7. The topological polar surface area (TPSA) is 76.7 Å². The second-order valence-electron chi connectivity index (χ2n) is 8.14. The predicted octanol–water partition coefficient (Wildman–Crippen LogP) is 4.62. The maximum atomic E-state index is 13.6. The molecule has 6 heteroatoms. The quantitative estimate of drug-likeness (QED) is 0.721. The van der Waals surface area contributed by atoms with Gasteiger partial charge in [-0.15, -0.1) is 0 Å². The van der Waals surface area contributed by atoms with E-state index in [9.17, 15) is 9.59 Å². The van der Waals surface area contributed by atoms with Crippen LogP contribution in [0.4, 0.5) is 5.69 Å². The minimum absolute atomic E-state index is 0.0577. The Balaban J connectivity index is 1.87. The summed E-state index contributed by atoms with van der Waals surface area (Å²) < 4.78 is 11.1. The zero-order valence-electron chi connectivity index (χ0n) is 18.9. The number of Topliss-reactive ketones (excluding diaryl/α,β-unsaturated/α-hetero) is 1. The Labute approximate surface area is 188 Å². The molecule has 1 heterocycles. The Bertz CT molecular complexity index is 1150. The molecule has 166 valence electrons. The monoisotopic (exact) mass is 432 g/mol. The first-order valence-corrected chi connectivity index (χ1v) is 10.8. The summed E-state index contributed by atoms with van der Waals surface area (Å²) in [6.07, 6.45) is 2.04. The van der Waals surface area contributed by atoms with Crippen molar-refractivity contribution in [2.45, 2.75) is 39.0 Å². The Morgan fingerprint density at radius 2 is 1.84 bits per heavy atom. The summed E-state index contributed by atoms with van der Waals surface area (Å²) >= 11 is 0. The standard InChI is InChI=1S/C26H28N2O4/c1-15-8-5-6-9-19(15)28-26(30)23-16(2)27-20-10-7-11-21(29)25(20)24(23)18-14-17(31-3)12-13-22(18)32-4/h5-6,8-9,12-14,24,27H,7,10-11H2,1-4H3,(H,28,30)/t24-/m0/s1. The Hall–Kier alpha value is -3.54. The first-order chi connectivity index (χ1) is 15.4. The van der Waals surface area contributed by atoms with E-state index in [1.54, 1.807) is 14.2 Å². The smallest absolute Gasteiger partial charge is 0.254 e. The van der Waals surface area contributed by atoms with E-state index < -0.39 is 5.92 Å². The molecule has 0 radical (unpaired) electrons. The number of para-hydroxylation sites is 1. The maximum Gasteiger partial charge on any atom is 0.254 e. The van der Waals surface area contributed by atoms with Crippen molar-refractivity contribution in [2.75, 3.05) is 19.5 Å². The molecule has 2 aromatic rings. The average Bonchev–Trinajstić information content (AvgIpc) is 2.79. The number of nitrogens with one attached hydrogen (secondary N) is 2. The molecule has 1 aliphatic carbocycles. The van der Waals surface area contributed by atoms with E-state index in [1.165, 1.54) is 0 Å². The van der Waals surface area contributed by atoms with E-state index in [-0.39, 0.29) is 11.7 Å². The van der Waals surface area contributed by atoms with Crippen LogP contribution in [0, 0.1) is 6.92 Å². The number of allylic oxidation sites excluding steroid dienone is 3. The second-order valence-corrected chi connectivity index (χ2v) is 8.14. The molecule has 0 unspecified atom stereocenters. The molecule has 0 aromatic heterocycles. The number of carbonyl (C=O) groups excluding carboxylic acids is 2. The molecule has 1 amide bonds. The number of hydrogen-bond acceptors (Lipinski definition) is 5. The van der Waals surface area contributed by atoms with E-state index in [1.807, 2.05) is 56.3 Å². The van der Waals surface area contributed by atoms with E-state index in [0.29, 0.717) is 29.1 Å². The van der Waals surface area contributed by atoms with Crippen molar-refractivity contribution in [3.63, 3.8) is 0 Å². The van der Waals surface area contributed by atoms with Gasteiger partial charge in [-0.05, 0) is 56.5 Å². The van der Waals surface area contributed by atoms with Gasteiger partial charge in [0, 0.05) is 40.2 Å². The van der Waals surface area contributed by atoms with Gasteiger partial charge in [-0.25, -0.2) is 0 Å². The zero-order chi connectivity index (χ0) is 22.8. The Kier molecular flexibility index (Phi) is 6.04. The van der Waals surface area contributed by atoms with Crippen LogP contribution < -0.4 is 20.1 Å². The van der Waals surface area contributed by atoms with Crippen LogP contribution in [0.2, 0.25) is 0 Å². The fourth-order valence-corrected chi connectivity index (χ4v) is 4.56. The minimum Gasteiger partial charge on any atom is -0.497 e. The van der Waals surface area contributed by atoms with Crippen LogP contribution >= 0.6 is 0 Å². The average molecular weight is 433 g/mol. The number of ether oxygens (including phenoxy) is 2. The van der Waals surface area contributed by atoms with Gasteiger partial charge in [-0.1, -0.05) is 18.2 Å². The number of hydrogen-bond donors (Lipinski definition) is 2. The predicted molar refractivity (Wildman–Crippen MR) is 124 cm³/mol. The molecule has 0 fully saturated rings. The summed E-state index contributed by atoms with van der Waals surface area (Å²) in [5.41, 5.74) is 5.22. The minimum atomic E-state index is -0.548. The number of rotatable bonds is 5. The number of ketones is 1. The van der Waals surface area contributed by atoms with E-state index in [2.05, 4.69) is 10.6 Å². The van der Waals surface area contributed by atoms with Gasteiger partial charge in [-0.3, -0.25) is 9.59 Å². The molecule has 6 nitrogen and oxygen atoms in total. The largest absolute Gasteiger partial charge is 0.497 e. The van der Waals surface area contributed by atoms with Crippen LogP contribution in [-0.2, 0) is 9.59 Å². The third-order valence-corrected chi connectivity index (χ3v) is 6.16. The van der Waals surface area contributed by atoms with E-state index in [0.717, 1.165) is 41.1 Å². The lowest BCUT2D eigenvalue weighted by Crippen LogP contribution is -2.35. The lowest BCUT2D eigenvalue weighted by Gasteiger charge is -2.35. The van der Waals surface area contributed by atoms with E-state index in [4.69, 9.17) is 9.47 Å². The number of amides is 1. The summed E-state index contributed by atoms with van der Waals surface area (Å²) in [6.45, 7) is 3.83. The zero-order valence-corrected chi connectivity index (χ0v) is 18.9. The van der Waals surface area contributed by atoms with Gasteiger partial charge in [0.05, 0.1) is 20.1 Å². The molecule has 2 N–H and O–H groups in total. The maximum absolute atomic E-state index is 13.6. The molecule has 0 bridgehead atoms. The summed E-state index contributed by atoms with van der Waals surface area (Å²) in [5, 5.41) is 6.40. The lowest BCUT2D eigenvalue weighted by atomic mass is 9.74. The fraction of sp³-hybridized carbons (Fsp3) is 0.308. The highest BCUT2D eigenvalue weighted by Crippen LogP contribution is 2.46. The molecular weight excluding hydrogens is 404 g/mol. The highest BCUT2D eigenvalue weighted by Gasteiger charge is 2.40. The number of methoxy groups -OCH3 is 2. The third-order valence-electron chi connectivity index (χ3n) is 6.16. The number of dihydropyridines is 1. The summed E-state index contributed by atoms with van der Waals surface area (Å²) in [6, 6.07) is 13.1. The number of carbonyl (C=O) groups is 2. The van der Waals surface area contributed by atoms with Crippen molar-refractivity contribution in [1.82, 2.24) is 5.32 Å². The van der Waals surface area contributed by atoms with Gasteiger partial charge >= 0.3 is 0 Å². The van der Waals surface area contributed by atoms with Crippen molar-refractivity contribution < 1.29 is 19.1 Å². The summed E-state index contributed by atoms with van der Waals surface area (Å²) in [4.78, 5) is 26.8. The highest BCUT2D eigenvalue weighted by molar-refractivity contribution is 6.10. The van der Waals surface area contributed by atoms with Crippen LogP contribution in [-0.4, -0.2) is 25.9 Å². The number of aryl methyl sites for hydroxylation is 1. The summed E-state index contributed by atoms with van der Waals surface area (Å²) in [5.74, 6) is 0.512. The molecule has 1 aliphatic heterocycles. The van der Waals surface area contributed by atoms with Gasteiger partial charge in [0.15, 0.2) is 5.78 Å². The number of benzene rings is 2. The first-order valence-electron chi connectivity index (χ1n) is 10.8. The van der Waals surface area contributed by atoms with Crippen molar-refractivity contribution in [1.29, 1.82) is 0 Å². The second kappa shape index (κ2) is 8.91. The van der Waals surface area contributed by atoms with Crippen LogP contribution in [0.3, 0.4) is 0 Å². The Morgan fingerprint density at radius 1 is 1.06 bits per heavy atom. The van der Waals surface area contributed by atoms with Gasteiger partial charge in [0.25, 0.3) is 5.91 Å². The van der Waals surface area contributed by atoms with Gasteiger partial charge in [0.2, 0.25) is 0 Å². The molecule has 0 saturated carbocycles. The molecule has 32 heavy (non-hydrogen) atoms.